The van der Waals surface area contributed by atoms with Gasteiger partial charge < -0.3 is 5.32 Å². The molecule has 0 saturated heterocycles. The van der Waals surface area contributed by atoms with Crippen LogP contribution in [0.1, 0.15) is 17.2 Å². The Morgan fingerprint density at radius 2 is 2.00 bits per heavy atom. The molecule has 3 rings (SSSR count). The van der Waals surface area contributed by atoms with Gasteiger partial charge in [-0.05, 0) is 30.2 Å². The minimum atomic E-state index is -4.38. The molecule has 1 atom stereocenters. The highest BCUT2D eigenvalue weighted by Gasteiger charge is 2.31. The van der Waals surface area contributed by atoms with Gasteiger partial charge in [-0.1, -0.05) is 30.3 Å². The summed E-state index contributed by atoms with van der Waals surface area (Å²) in [6.07, 6.45) is 0.832. The lowest BCUT2D eigenvalue weighted by atomic mass is 9.95. The van der Waals surface area contributed by atoms with Gasteiger partial charge in [0.1, 0.15) is 5.82 Å². The van der Waals surface area contributed by atoms with E-state index in [2.05, 4.69) is 10.0 Å². The first-order valence-corrected chi connectivity index (χ1v) is 9.12. The number of nitro benzene ring substituents is 1. The van der Waals surface area contributed by atoms with Crippen molar-refractivity contribution in [2.75, 3.05) is 13.1 Å². The standard InChI is InChI=1S/C16H16FN3O4S/c17-13-6-3-7-15(20(21)22)16(13)25(23,24)19-10-14-12-5-2-1-4-11(12)8-9-18-14/h1-7,14,18-19H,8-10H2. The van der Waals surface area contributed by atoms with Gasteiger partial charge in [-0.3, -0.25) is 10.1 Å². The van der Waals surface area contributed by atoms with Crippen LogP contribution in [-0.2, 0) is 16.4 Å². The third-order valence-electron chi connectivity index (χ3n) is 4.10. The van der Waals surface area contributed by atoms with Gasteiger partial charge in [0.15, 0.2) is 4.90 Å². The Hall–Kier alpha value is -2.36. The Morgan fingerprint density at radius 3 is 2.76 bits per heavy atom. The summed E-state index contributed by atoms with van der Waals surface area (Å²) in [6.45, 7) is 0.647. The zero-order chi connectivity index (χ0) is 18.0. The van der Waals surface area contributed by atoms with Gasteiger partial charge in [0.2, 0.25) is 10.0 Å². The maximum Gasteiger partial charge on any atom is 0.292 e. The first-order chi connectivity index (χ1) is 11.9. The van der Waals surface area contributed by atoms with Crippen molar-refractivity contribution in [3.8, 4) is 0 Å². The van der Waals surface area contributed by atoms with Crippen molar-refractivity contribution < 1.29 is 17.7 Å². The molecule has 1 aliphatic rings. The van der Waals surface area contributed by atoms with E-state index in [4.69, 9.17) is 0 Å². The average molecular weight is 365 g/mol. The first-order valence-electron chi connectivity index (χ1n) is 7.64. The number of nitrogens with zero attached hydrogens (tertiary/aromatic N) is 1. The lowest BCUT2D eigenvalue weighted by molar-refractivity contribution is -0.388. The van der Waals surface area contributed by atoms with Crippen molar-refractivity contribution >= 4 is 15.7 Å². The third-order valence-corrected chi connectivity index (χ3v) is 5.59. The van der Waals surface area contributed by atoms with Gasteiger partial charge in [0, 0.05) is 18.7 Å². The second-order valence-electron chi connectivity index (χ2n) is 5.65. The SMILES string of the molecule is O=[N+]([O-])c1cccc(F)c1S(=O)(=O)NCC1NCCc2ccccc21. The molecule has 9 heteroatoms. The van der Waals surface area contributed by atoms with Crippen molar-refractivity contribution in [1.82, 2.24) is 10.0 Å². The van der Waals surface area contributed by atoms with E-state index in [0.29, 0.717) is 6.54 Å². The van der Waals surface area contributed by atoms with Crippen molar-refractivity contribution in [3.05, 3.63) is 69.5 Å². The molecule has 25 heavy (non-hydrogen) atoms. The van der Waals surface area contributed by atoms with Crippen molar-refractivity contribution in [2.24, 2.45) is 0 Å². The van der Waals surface area contributed by atoms with E-state index in [1.54, 1.807) is 0 Å². The van der Waals surface area contributed by atoms with E-state index in [1.165, 1.54) is 0 Å². The molecule has 1 aliphatic heterocycles. The molecule has 0 spiro atoms. The van der Waals surface area contributed by atoms with Crippen LogP contribution < -0.4 is 10.0 Å². The Balaban J connectivity index is 1.86. The molecule has 7 nitrogen and oxygen atoms in total. The van der Waals surface area contributed by atoms with E-state index in [1.807, 2.05) is 24.3 Å². The molecule has 2 N–H and O–H groups in total. The lowest BCUT2D eigenvalue weighted by Crippen LogP contribution is -2.39. The number of hydrogen-bond donors (Lipinski definition) is 2. The van der Waals surface area contributed by atoms with Gasteiger partial charge >= 0.3 is 0 Å². The summed E-state index contributed by atoms with van der Waals surface area (Å²) in [5, 5.41) is 14.2. The zero-order valence-electron chi connectivity index (χ0n) is 13.1. The topological polar surface area (TPSA) is 101 Å². The maximum atomic E-state index is 14.0. The van der Waals surface area contributed by atoms with E-state index in [9.17, 15) is 22.9 Å². The summed E-state index contributed by atoms with van der Waals surface area (Å²) in [7, 11) is -4.38. The summed E-state index contributed by atoms with van der Waals surface area (Å²) in [4.78, 5) is 9.17. The normalized spacial score (nSPS) is 17.1. The third kappa shape index (κ3) is 3.53. The van der Waals surface area contributed by atoms with Gasteiger partial charge in [-0.15, -0.1) is 0 Å². The van der Waals surface area contributed by atoms with E-state index in [-0.39, 0.29) is 12.6 Å². The van der Waals surface area contributed by atoms with Crippen LogP contribution in [0.2, 0.25) is 0 Å². The first kappa shape index (κ1) is 17.5. The average Bonchev–Trinajstić information content (AvgIpc) is 2.59. The van der Waals surface area contributed by atoms with Crippen LogP contribution in [0.5, 0.6) is 0 Å². The Labute approximate surface area is 144 Å². The Bertz CT molecular complexity index is 917. The molecular weight excluding hydrogens is 349 g/mol. The quantitative estimate of drug-likeness (QED) is 0.622. The number of nitro groups is 1. The summed E-state index contributed by atoms with van der Waals surface area (Å²) in [5.41, 5.74) is 1.28. The van der Waals surface area contributed by atoms with Crippen LogP contribution in [0, 0.1) is 15.9 Å². The van der Waals surface area contributed by atoms with E-state index >= 15 is 0 Å². The predicted molar refractivity (Wildman–Crippen MR) is 89.1 cm³/mol. The number of sulfonamides is 1. The number of halogens is 1. The highest BCUT2D eigenvalue weighted by Crippen LogP contribution is 2.27. The highest BCUT2D eigenvalue weighted by molar-refractivity contribution is 7.89. The van der Waals surface area contributed by atoms with Crippen LogP contribution in [0.4, 0.5) is 10.1 Å². The highest BCUT2D eigenvalue weighted by atomic mass is 32.2. The largest absolute Gasteiger partial charge is 0.308 e. The molecule has 0 radical (unpaired) electrons. The number of rotatable bonds is 5. The van der Waals surface area contributed by atoms with Gasteiger partial charge in [0.05, 0.1) is 4.92 Å². The van der Waals surface area contributed by atoms with Crippen LogP contribution in [0.15, 0.2) is 47.4 Å². The number of hydrogen-bond acceptors (Lipinski definition) is 5. The Kier molecular flexibility index (Phi) is 4.80. The minimum absolute atomic E-state index is 0.0369. The predicted octanol–water partition coefficient (Wildman–Crippen LogP) is 1.90. The Morgan fingerprint density at radius 1 is 1.24 bits per heavy atom. The van der Waals surface area contributed by atoms with Crippen molar-refractivity contribution in [3.63, 3.8) is 0 Å². The van der Waals surface area contributed by atoms with Gasteiger partial charge in [-0.25, -0.2) is 17.5 Å². The second kappa shape index (κ2) is 6.87. The van der Waals surface area contributed by atoms with Crippen LogP contribution in [0.25, 0.3) is 0 Å². The molecule has 1 unspecified atom stereocenters. The van der Waals surface area contributed by atoms with Gasteiger partial charge in [0.25, 0.3) is 5.69 Å². The zero-order valence-corrected chi connectivity index (χ0v) is 13.9. The fraction of sp³-hybridized carbons (Fsp3) is 0.250. The maximum absolute atomic E-state index is 14.0. The fourth-order valence-electron chi connectivity index (χ4n) is 2.95. The molecule has 0 saturated carbocycles. The smallest absolute Gasteiger partial charge is 0.292 e. The molecule has 0 aromatic heterocycles. The molecule has 0 amide bonds. The molecule has 2 aromatic carbocycles. The molecule has 1 heterocycles. The number of benzene rings is 2. The molecule has 0 bridgehead atoms. The summed E-state index contributed by atoms with van der Waals surface area (Å²) < 4.78 is 41.2. The van der Waals surface area contributed by atoms with Crippen LogP contribution in [-0.4, -0.2) is 26.4 Å². The summed E-state index contributed by atoms with van der Waals surface area (Å²) in [5.74, 6) is -1.15. The van der Waals surface area contributed by atoms with Crippen molar-refractivity contribution in [1.29, 1.82) is 0 Å². The van der Waals surface area contributed by atoms with Gasteiger partial charge in [-0.2, -0.15) is 0 Å². The summed E-state index contributed by atoms with van der Waals surface area (Å²) in [6, 6.07) is 10.3. The fourth-order valence-corrected chi connectivity index (χ4v) is 4.22. The van der Waals surface area contributed by atoms with Crippen LogP contribution in [0.3, 0.4) is 0 Å². The molecular formula is C16H16FN3O4S. The molecule has 0 aliphatic carbocycles. The van der Waals surface area contributed by atoms with Crippen LogP contribution >= 0.6 is 0 Å². The monoisotopic (exact) mass is 365 g/mol. The van der Waals surface area contributed by atoms with Crippen molar-refractivity contribution in [2.45, 2.75) is 17.4 Å². The van der Waals surface area contributed by atoms with E-state index in [0.717, 1.165) is 35.7 Å². The summed E-state index contributed by atoms with van der Waals surface area (Å²) >= 11 is 0. The minimum Gasteiger partial charge on any atom is -0.308 e. The number of fused-ring (bicyclic) bond motifs is 1. The molecule has 2 aromatic rings. The molecule has 132 valence electrons. The lowest BCUT2D eigenvalue weighted by Gasteiger charge is -2.27. The second-order valence-corrected chi connectivity index (χ2v) is 7.36. The number of nitrogens with one attached hydrogen (secondary N) is 2. The van der Waals surface area contributed by atoms with E-state index < -0.39 is 31.3 Å². The molecule has 0 fully saturated rings.